The minimum atomic E-state index is -0.976. The van der Waals surface area contributed by atoms with Gasteiger partial charge in [-0.1, -0.05) is 0 Å². The van der Waals surface area contributed by atoms with Crippen molar-refractivity contribution < 1.29 is 20.1 Å². The molecule has 0 saturated carbocycles. The number of β-amino-alcohol motifs (C(OH)–C–C–N with tert-alkyl or cyclic N) is 1. The zero-order chi connectivity index (χ0) is 8.43. The van der Waals surface area contributed by atoms with E-state index in [-0.39, 0.29) is 13.0 Å². The Labute approximate surface area is 63.7 Å². The molecule has 0 aromatic heterocycles. The maximum Gasteiger partial charge on any atom is 0.305 e. The van der Waals surface area contributed by atoms with Gasteiger partial charge in [0.1, 0.15) is 0 Å². The molecule has 0 bridgehead atoms. The highest BCUT2D eigenvalue weighted by Gasteiger charge is 2.33. The summed E-state index contributed by atoms with van der Waals surface area (Å²) < 4.78 is 0. The lowest BCUT2D eigenvalue weighted by Crippen LogP contribution is -2.34. The molecule has 0 spiro atoms. The molecular formula is C6H11NO4. The fourth-order valence-electron chi connectivity index (χ4n) is 1.16. The summed E-state index contributed by atoms with van der Waals surface area (Å²) >= 11 is 0. The highest BCUT2D eigenvalue weighted by molar-refractivity contribution is 5.67. The Balaban J connectivity index is 2.42. The van der Waals surface area contributed by atoms with Crippen LogP contribution in [0.15, 0.2) is 0 Å². The highest BCUT2D eigenvalue weighted by Crippen LogP contribution is 2.10. The van der Waals surface area contributed by atoms with Gasteiger partial charge in [-0.25, -0.2) is 0 Å². The van der Waals surface area contributed by atoms with Gasteiger partial charge in [-0.15, -0.1) is 0 Å². The molecule has 1 fully saturated rings. The van der Waals surface area contributed by atoms with Crippen LogP contribution in [0.5, 0.6) is 0 Å². The summed E-state index contributed by atoms with van der Waals surface area (Å²) in [6.07, 6.45) is -1.94. The van der Waals surface area contributed by atoms with E-state index in [1.54, 1.807) is 0 Å². The Kier molecular flexibility index (Phi) is 2.43. The van der Waals surface area contributed by atoms with E-state index >= 15 is 0 Å². The van der Waals surface area contributed by atoms with Crippen LogP contribution < -0.4 is 5.32 Å². The quantitative estimate of drug-likeness (QED) is 0.382. The molecular weight excluding hydrogens is 150 g/mol. The predicted molar refractivity (Wildman–Crippen MR) is 36.1 cm³/mol. The van der Waals surface area contributed by atoms with E-state index in [2.05, 4.69) is 5.32 Å². The van der Waals surface area contributed by atoms with E-state index in [0.717, 1.165) is 0 Å². The number of aliphatic carboxylic acids is 1. The van der Waals surface area contributed by atoms with Crippen molar-refractivity contribution in [2.24, 2.45) is 0 Å². The van der Waals surface area contributed by atoms with E-state index in [9.17, 15) is 4.79 Å². The normalized spacial score (nSPS) is 37.5. The van der Waals surface area contributed by atoms with Gasteiger partial charge >= 0.3 is 5.97 Å². The van der Waals surface area contributed by atoms with Gasteiger partial charge in [-0.05, 0) is 0 Å². The summed E-state index contributed by atoms with van der Waals surface area (Å²) in [6, 6.07) is -0.512. The molecule has 0 radical (unpaired) electrons. The van der Waals surface area contributed by atoms with E-state index < -0.39 is 24.2 Å². The molecule has 64 valence electrons. The van der Waals surface area contributed by atoms with Crippen molar-refractivity contribution in [2.45, 2.75) is 24.7 Å². The molecule has 1 saturated heterocycles. The SMILES string of the molecule is O=C(O)C[C@@H]1NC[C@@H](O)[C@H]1O. The van der Waals surface area contributed by atoms with Crippen LogP contribution in [0.2, 0.25) is 0 Å². The van der Waals surface area contributed by atoms with Crippen LogP contribution in [0.4, 0.5) is 0 Å². The number of carboxylic acids is 1. The van der Waals surface area contributed by atoms with Crippen LogP contribution in [0, 0.1) is 0 Å². The van der Waals surface area contributed by atoms with E-state index in [1.807, 2.05) is 0 Å². The highest BCUT2D eigenvalue weighted by atomic mass is 16.4. The van der Waals surface area contributed by atoms with Crippen molar-refractivity contribution >= 4 is 5.97 Å². The zero-order valence-electron chi connectivity index (χ0n) is 5.90. The molecule has 3 atom stereocenters. The largest absolute Gasteiger partial charge is 0.481 e. The van der Waals surface area contributed by atoms with Gasteiger partial charge in [-0.2, -0.15) is 0 Å². The number of aliphatic hydroxyl groups excluding tert-OH is 2. The predicted octanol–water partition coefficient (Wildman–Crippen LogP) is -1.85. The van der Waals surface area contributed by atoms with Gasteiger partial charge < -0.3 is 20.6 Å². The average Bonchev–Trinajstić information content (AvgIpc) is 2.18. The molecule has 5 heteroatoms. The Morgan fingerprint density at radius 2 is 2.18 bits per heavy atom. The van der Waals surface area contributed by atoms with Gasteiger partial charge in [-0.3, -0.25) is 4.79 Å². The van der Waals surface area contributed by atoms with Crippen molar-refractivity contribution in [3.63, 3.8) is 0 Å². The molecule has 1 rings (SSSR count). The maximum absolute atomic E-state index is 10.2. The summed E-state index contributed by atoms with van der Waals surface area (Å²) in [6.45, 7) is 0.263. The van der Waals surface area contributed by atoms with E-state index in [0.29, 0.717) is 0 Å². The molecule has 1 aliphatic heterocycles. The van der Waals surface area contributed by atoms with Crippen molar-refractivity contribution in [2.75, 3.05) is 6.54 Å². The van der Waals surface area contributed by atoms with E-state index in [1.165, 1.54) is 0 Å². The molecule has 1 heterocycles. The first-order valence-electron chi connectivity index (χ1n) is 3.42. The fraction of sp³-hybridized carbons (Fsp3) is 0.833. The van der Waals surface area contributed by atoms with Crippen LogP contribution >= 0.6 is 0 Å². The molecule has 0 aromatic rings. The number of aliphatic hydroxyl groups is 2. The second-order valence-corrected chi connectivity index (χ2v) is 2.67. The summed E-state index contributed by atoms with van der Waals surface area (Å²) in [5.41, 5.74) is 0. The molecule has 4 N–H and O–H groups in total. The lowest BCUT2D eigenvalue weighted by atomic mass is 10.1. The number of rotatable bonds is 2. The first-order valence-corrected chi connectivity index (χ1v) is 3.42. The molecule has 1 aliphatic rings. The summed E-state index contributed by atoms with van der Waals surface area (Å²) in [5, 5.41) is 29.2. The Bertz CT molecular complexity index is 161. The maximum atomic E-state index is 10.2. The van der Waals surface area contributed by atoms with Gasteiger partial charge in [0, 0.05) is 12.6 Å². The third kappa shape index (κ3) is 1.89. The number of carbonyl (C=O) groups is 1. The van der Waals surface area contributed by atoms with Crippen LogP contribution in [0.25, 0.3) is 0 Å². The fourth-order valence-corrected chi connectivity index (χ4v) is 1.16. The summed E-state index contributed by atoms with van der Waals surface area (Å²) in [5.74, 6) is -0.976. The number of hydrogen-bond donors (Lipinski definition) is 4. The monoisotopic (exact) mass is 161 g/mol. The third-order valence-corrected chi connectivity index (χ3v) is 1.79. The zero-order valence-corrected chi connectivity index (χ0v) is 5.90. The third-order valence-electron chi connectivity index (χ3n) is 1.79. The second kappa shape index (κ2) is 3.17. The first-order chi connectivity index (χ1) is 5.11. The van der Waals surface area contributed by atoms with Gasteiger partial charge in [0.15, 0.2) is 0 Å². The molecule has 5 nitrogen and oxygen atoms in total. The van der Waals surface area contributed by atoms with E-state index in [4.69, 9.17) is 15.3 Å². The van der Waals surface area contributed by atoms with Gasteiger partial charge in [0.25, 0.3) is 0 Å². The average molecular weight is 161 g/mol. The number of hydrogen-bond acceptors (Lipinski definition) is 4. The lowest BCUT2D eigenvalue weighted by Gasteiger charge is -2.12. The smallest absolute Gasteiger partial charge is 0.305 e. The second-order valence-electron chi connectivity index (χ2n) is 2.67. The Hall–Kier alpha value is -0.650. The molecule has 11 heavy (non-hydrogen) atoms. The van der Waals surface area contributed by atoms with Gasteiger partial charge in [0.05, 0.1) is 18.6 Å². The van der Waals surface area contributed by atoms with Crippen LogP contribution in [-0.4, -0.2) is 46.1 Å². The molecule has 0 aromatic carbocycles. The molecule has 0 unspecified atom stereocenters. The van der Waals surface area contributed by atoms with Crippen molar-refractivity contribution in [1.82, 2.24) is 5.32 Å². The summed E-state index contributed by atoms with van der Waals surface area (Å²) in [7, 11) is 0. The molecule has 0 amide bonds. The lowest BCUT2D eigenvalue weighted by molar-refractivity contribution is -0.138. The Morgan fingerprint density at radius 3 is 2.55 bits per heavy atom. The minimum Gasteiger partial charge on any atom is -0.481 e. The van der Waals surface area contributed by atoms with Crippen LogP contribution in [-0.2, 0) is 4.79 Å². The standard InChI is InChI=1S/C6H11NO4/c8-4-2-7-3(6(4)11)1-5(9)10/h3-4,6-8,11H,1-2H2,(H,9,10)/t3-,4+,6-/m0/s1. The van der Waals surface area contributed by atoms with Crippen molar-refractivity contribution in [3.05, 3.63) is 0 Å². The number of carboxylic acid groups (broad SMARTS) is 1. The molecule has 0 aliphatic carbocycles. The van der Waals surface area contributed by atoms with Crippen molar-refractivity contribution in [3.8, 4) is 0 Å². The van der Waals surface area contributed by atoms with Crippen LogP contribution in [0.1, 0.15) is 6.42 Å². The topological polar surface area (TPSA) is 89.8 Å². The first kappa shape index (κ1) is 8.45. The van der Waals surface area contributed by atoms with Crippen LogP contribution in [0.3, 0.4) is 0 Å². The van der Waals surface area contributed by atoms with Crippen molar-refractivity contribution in [1.29, 1.82) is 0 Å². The number of nitrogens with one attached hydrogen (secondary N) is 1. The van der Waals surface area contributed by atoms with Gasteiger partial charge in [0.2, 0.25) is 0 Å². The summed E-state index contributed by atoms with van der Waals surface area (Å²) in [4.78, 5) is 10.2. The Morgan fingerprint density at radius 1 is 1.55 bits per heavy atom. The minimum absolute atomic E-state index is 0.155.